The number of unbranched alkanes of at least 4 members (excludes halogenated alkanes) is 28. The van der Waals surface area contributed by atoms with Crippen molar-refractivity contribution in [2.24, 2.45) is 0 Å². The van der Waals surface area contributed by atoms with Crippen LogP contribution in [0, 0.1) is 0 Å². The number of esters is 1. The summed E-state index contributed by atoms with van der Waals surface area (Å²) in [5.74, 6) is -0.495. The molecule has 6 heteroatoms. The minimum atomic E-state index is -0.796. The van der Waals surface area contributed by atoms with Gasteiger partial charge in [-0.05, 0) is 89.9 Å². The molecule has 0 saturated heterocycles. The topological polar surface area (TPSA) is 95.9 Å². The van der Waals surface area contributed by atoms with Crippen molar-refractivity contribution in [1.82, 2.24) is 5.32 Å². The van der Waals surface area contributed by atoms with Crippen LogP contribution in [-0.4, -0.2) is 46.9 Å². The zero-order valence-electron chi connectivity index (χ0n) is 43.1. The Morgan fingerprint density at radius 1 is 0.462 bits per heavy atom. The van der Waals surface area contributed by atoms with E-state index in [-0.39, 0.29) is 24.9 Å². The molecule has 1 amide bonds. The summed E-state index contributed by atoms with van der Waals surface area (Å²) in [5.41, 5.74) is 0. The Labute approximate surface area is 403 Å². The summed E-state index contributed by atoms with van der Waals surface area (Å²) < 4.78 is 5.95. The van der Waals surface area contributed by atoms with E-state index in [0.29, 0.717) is 19.3 Å². The average molecular weight is 911 g/mol. The molecule has 0 aliphatic heterocycles. The number of nitrogens with one attached hydrogen (secondary N) is 1. The molecule has 3 unspecified atom stereocenters. The number of hydrogen-bond acceptors (Lipinski definition) is 5. The third-order valence-corrected chi connectivity index (χ3v) is 12.6. The summed E-state index contributed by atoms with van der Waals surface area (Å²) in [4.78, 5) is 26.2. The van der Waals surface area contributed by atoms with Gasteiger partial charge in [0.2, 0.25) is 5.91 Å². The second-order valence-electron chi connectivity index (χ2n) is 19.0. The highest BCUT2D eigenvalue weighted by Crippen LogP contribution is 2.18. The van der Waals surface area contributed by atoms with Crippen LogP contribution in [0.4, 0.5) is 0 Å². The highest BCUT2D eigenvalue weighted by molar-refractivity contribution is 5.77. The molecule has 0 aliphatic rings. The second kappa shape index (κ2) is 52.5. The van der Waals surface area contributed by atoms with E-state index in [1.165, 1.54) is 135 Å². The Hall–Kier alpha value is -2.44. The van der Waals surface area contributed by atoms with E-state index in [0.717, 1.165) is 96.3 Å². The van der Waals surface area contributed by atoms with Crippen molar-refractivity contribution in [2.45, 2.75) is 296 Å². The van der Waals surface area contributed by atoms with Crippen LogP contribution in [-0.2, 0) is 14.3 Å². The lowest BCUT2D eigenvalue weighted by Gasteiger charge is -2.24. The van der Waals surface area contributed by atoms with Crippen LogP contribution in [0.25, 0.3) is 0 Å². The Balaban J connectivity index is 4.56. The summed E-state index contributed by atoms with van der Waals surface area (Å²) in [6.45, 7) is 6.36. The minimum absolute atomic E-state index is 0.0605. The summed E-state index contributed by atoms with van der Waals surface area (Å²) in [6.07, 6.45) is 65.7. The van der Waals surface area contributed by atoms with E-state index < -0.39 is 18.2 Å². The molecule has 0 rings (SSSR count). The monoisotopic (exact) mass is 910 g/mol. The van der Waals surface area contributed by atoms with Gasteiger partial charge in [-0.15, -0.1) is 0 Å². The molecule has 0 fully saturated rings. The summed E-state index contributed by atoms with van der Waals surface area (Å²) in [6, 6.07) is -0.711. The maximum Gasteiger partial charge on any atom is 0.306 e. The Bertz CT molecular complexity index is 1160. The van der Waals surface area contributed by atoms with Crippen molar-refractivity contribution in [2.75, 3.05) is 6.61 Å². The summed E-state index contributed by atoms with van der Waals surface area (Å²) >= 11 is 0. The van der Waals surface area contributed by atoms with E-state index in [2.05, 4.69) is 86.8 Å². The largest absolute Gasteiger partial charge is 0.462 e. The molecule has 0 heterocycles. The van der Waals surface area contributed by atoms with Gasteiger partial charge in [0.25, 0.3) is 0 Å². The lowest BCUT2D eigenvalue weighted by atomic mass is 10.0. The number of allylic oxidation sites excluding steroid dienone is 10. The van der Waals surface area contributed by atoms with Crippen molar-refractivity contribution in [3.8, 4) is 0 Å². The molecule has 0 aromatic rings. The van der Waals surface area contributed by atoms with Crippen molar-refractivity contribution in [3.05, 3.63) is 60.8 Å². The van der Waals surface area contributed by atoms with Gasteiger partial charge in [-0.1, -0.05) is 236 Å². The predicted molar refractivity (Wildman–Crippen MR) is 282 cm³/mol. The van der Waals surface area contributed by atoms with Gasteiger partial charge < -0.3 is 20.3 Å². The van der Waals surface area contributed by atoms with Crippen LogP contribution in [0.5, 0.6) is 0 Å². The van der Waals surface area contributed by atoms with E-state index >= 15 is 0 Å². The Kier molecular flexibility index (Phi) is 50.6. The molecule has 0 aromatic heterocycles. The molecule has 0 saturated carbocycles. The minimum Gasteiger partial charge on any atom is -0.462 e. The third kappa shape index (κ3) is 47.8. The number of ether oxygens (including phenoxy) is 1. The van der Waals surface area contributed by atoms with E-state index in [1.807, 2.05) is 0 Å². The van der Waals surface area contributed by atoms with Crippen LogP contribution in [0.2, 0.25) is 0 Å². The molecular formula is C59H107NO5. The molecule has 0 aromatic carbocycles. The first-order chi connectivity index (χ1) is 32.0. The van der Waals surface area contributed by atoms with Crippen molar-refractivity contribution < 1.29 is 24.5 Å². The third-order valence-electron chi connectivity index (χ3n) is 12.6. The van der Waals surface area contributed by atoms with Crippen LogP contribution in [0.15, 0.2) is 60.8 Å². The van der Waals surface area contributed by atoms with Gasteiger partial charge in [0.15, 0.2) is 0 Å². The molecule has 65 heavy (non-hydrogen) atoms. The fraction of sp³-hybridized carbons (Fsp3) is 0.797. The Morgan fingerprint density at radius 2 is 0.831 bits per heavy atom. The lowest BCUT2D eigenvalue weighted by molar-refractivity contribution is -0.151. The maximum absolute atomic E-state index is 13.2. The molecule has 0 bridgehead atoms. The van der Waals surface area contributed by atoms with Gasteiger partial charge in [0.1, 0.15) is 6.10 Å². The fourth-order valence-corrected chi connectivity index (χ4v) is 8.36. The number of hydrogen-bond donors (Lipinski definition) is 3. The van der Waals surface area contributed by atoms with Gasteiger partial charge in [-0.25, -0.2) is 0 Å². The zero-order chi connectivity index (χ0) is 47.4. The lowest BCUT2D eigenvalue weighted by Crippen LogP contribution is -2.46. The van der Waals surface area contributed by atoms with Crippen LogP contribution in [0.1, 0.15) is 278 Å². The van der Waals surface area contributed by atoms with Gasteiger partial charge >= 0.3 is 5.97 Å². The first-order valence-electron chi connectivity index (χ1n) is 28.0. The molecule has 378 valence electrons. The maximum atomic E-state index is 13.2. The number of carbonyl (C=O) groups is 2. The van der Waals surface area contributed by atoms with Gasteiger partial charge in [0, 0.05) is 6.42 Å². The standard InChI is InChI=1S/C59H107NO5/c1-4-7-10-13-16-19-22-25-27-28-29-30-31-34-37-40-43-46-49-52-59(64)65-55(50-47-44-41-38-35-33-26-23-20-17-14-11-8-5-2)53-58(63)60-56(54-61)57(62)51-48-45-42-39-36-32-24-21-18-15-12-9-6-3/h8,11,16-17,19-20,25-27,33,55-57,61-62H,4-7,9-10,12-15,18,21-24,28-32,34-54H2,1-3H3,(H,60,63)/b11-8+,19-16-,20-17+,27-25-,33-26+. The number of carbonyl (C=O) groups excluding carboxylic acids is 2. The van der Waals surface area contributed by atoms with E-state index in [1.54, 1.807) is 0 Å². The van der Waals surface area contributed by atoms with Gasteiger partial charge in [-0.3, -0.25) is 9.59 Å². The van der Waals surface area contributed by atoms with Crippen molar-refractivity contribution in [3.63, 3.8) is 0 Å². The number of rotatable bonds is 50. The van der Waals surface area contributed by atoms with E-state index in [9.17, 15) is 19.8 Å². The normalized spacial score (nSPS) is 13.6. The van der Waals surface area contributed by atoms with Crippen LogP contribution in [0.3, 0.4) is 0 Å². The predicted octanol–water partition coefficient (Wildman–Crippen LogP) is 17.2. The molecule has 0 radical (unpaired) electrons. The Morgan fingerprint density at radius 3 is 1.29 bits per heavy atom. The van der Waals surface area contributed by atoms with E-state index in [4.69, 9.17) is 4.74 Å². The molecule has 0 aliphatic carbocycles. The molecule has 0 spiro atoms. The summed E-state index contributed by atoms with van der Waals surface area (Å²) in [5, 5.41) is 23.8. The molecule has 3 atom stereocenters. The highest BCUT2D eigenvalue weighted by atomic mass is 16.5. The smallest absolute Gasteiger partial charge is 0.306 e. The van der Waals surface area contributed by atoms with Crippen LogP contribution < -0.4 is 5.32 Å². The number of aliphatic hydroxyl groups is 2. The average Bonchev–Trinajstić information content (AvgIpc) is 3.30. The number of amides is 1. The van der Waals surface area contributed by atoms with Gasteiger partial charge in [-0.2, -0.15) is 0 Å². The molecular weight excluding hydrogens is 803 g/mol. The summed E-state index contributed by atoms with van der Waals surface area (Å²) in [7, 11) is 0. The van der Waals surface area contributed by atoms with Crippen molar-refractivity contribution in [1.29, 1.82) is 0 Å². The SMILES string of the molecule is CC/C=C/C/C=C/C/C=C/CCCCCCC(CC(=O)NC(CO)C(O)CCCCCCCCCCCCCCC)OC(=O)CCCCCCCCCCC/C=C\C/C=C\CCCCC. The molecule has 6 nitrogen and oxygen atoms in total. The quantitative estimate of drug-likeness (QED) is 0.0321. The van der Waals surface area contributed by atoms with Gasteiger partial charge in [0.05, 0.1) is 25.2 Å². The van der Waals surface area contributed by atoms with Crippen molar-refractivity contribution >= 4 is 11.9 Å². The first-order valence-corrected chi connectivity index (χ1v) is 28.0. The highest BCUT2D eigenvalue weighted by Gasteiger charge is 2.24. The fourth-order valence-electron chi connectivity index (χ4n) is 8.36. The molecule has 3 N–H and O–H groups in total. The first kappa shape index (κ1) is 62.6. The number of aliphatic hydroxyl groups excluding tert-OH is 2. The zero-order valence-corrected chi connectivity index (χ0v) is 43.1. The second-order valence-corrected chi connectivity index (χ2v) is 19.0. The van der Waals surface area contributed by atoms with Crippen LogP contribution >= 0.6 is 0 Å².